The number of aromatic hydroxyl groups is 1. The molecule has 32 heavy (non-hydrogen) atoms. The van der Waals surface area contributed by atoms with Gasteiger partial charge in [0.05, 0.1) is 11.1 Å². The fourth-order valence-electron chi connectivity index (χ4n) is 2.95. The van der Waals surface area contributed by atoms with E-state index in [4.69, 9.17) is 8.83 Å². The zero-order valence-corrected chi connectivity index (χ0v) is 17.2. The van der Waals surface area contributed by atoms with E-state index in [0.717, 1.165) is 4.90 Å². The molecule has 3 aromatic carbocycles. The van der Waals surface area contributed by atoms with Crippen LogP contribution in [0, 0.1) is 0 Å². The fourth-order valence-corrected chi connectivity index (χ4v) is 3.64. The molecule has 0 aliphatic rings. The van der Waals surface area contributed by atoms with E-state index in [1.165, 1.54) is 11.8 Å². The van der Waals surface area contributed by atoms with E-state index in [1.807, 2.05) is 30.3 Å². The SMILES string of the molecule is O=c1oc2ccccc2c(O)c1N=Nc1ccc(-c2nnc(Sc3ccccc3)o2)cc1. The van der Waals surface area contributed by atoms with Crippen molar-refractivity contribution in [3.8, 4) is 17.2 Å². The maximum atomic E-state index is 12.1. The van der Waals surface area contributed by atoms with Gasteiger partial charge in [0, 0.05) is 10.5 Å². The van der Waals surface area contributed by atoms with E-state index in [0.29, 0.717) is 27.8 Å². The van der Waals surface area contributed by atoms with Gasteiger partial charge in [0.1, 0.15) is 5.58 Å². The Morgan fingerprint density at radius 2 is 1.56 bits per heavy atom. The van der Waals surface area contributed by atoms with Crippen molar-refractivity contribution in [1.29, 1.82) is 0 Å². The summed E-state index contributed by atoms with van der Waals surface area (Å²) in [4.78, 5) is 13.1. The smallest absolute Gasteiger partial charge is 0.368 e. The Morgan fingerprint density at radius 3 is 2.38 bits per heavy atom. The minimum absolute atomic E-state index is 0.257. The molecule has 0 amide bonds. The lowest BCUT2D eigenvalue weighted by Gasteiger charge is -2.01. The van der Waals surface area contributed by atoms with Crippen LogP contribution in [0.25, 0.3) is 22.4 Å². The minimum atomic E-state index is -0.768. The first-order valence-corrected chi connectivity index (χ1v) is 10.3. The molecule has 0 aliphatic carbocycles. The first-order valence-electron chi connectivity index (χ1n) is 9.51. The van der Waals surface area contributed by atoms with Crippen LogP contribution in [0.5, 0.6) is 5.75 Å². The molecule has 0 unspecified atom stereocenters. The van der Waals surface area contributed by atoms with Crippen LogP contribution in [0.1, 0.15) is 0 Å². The Kier molecular flexibility index (Phi) is 5.22. The summed E-state index contributed by atoms with van der Waals surface area (Å²) in [6.07, 6.45) is 0. The van der Waals surface area contributed by atoms with Gasteiger partial charge in [-0.25, -0.2) is 4.79 Å². The molecule has 0 saturated carbocycles. The maximum Gasteiger partial charge on any atom is 0.368 e. The van der Waals surface area contributed by atoms with E-state index in [2.05, 4.69) is 20.4 Å². The first kappa shape index (κ1) is 19.7. The summed E-state index contributed by atoms with van der Waals surface area (Å²) in [6, 6.07) is 23.3. The van der Waals surface area contributed by atoms with Crippen LogP contribution in [0.4, 0.5) is 11.4 Å². The largest absolute Gasteiger partial charge is 0.505 e. The summed E-state index contributed by atoms with van der Waals surface area (Å²) in [6.45, 7) is 0. The highest BCUT2D eigenvalue weighted by Gasteiger charge is 2.13. The van der Waals surface area contributed by atoms with Crippen LogP contribution in [-0.4, -0.2) is 15.3 Å². The van der Waals surface area contributed by atoms with Gasteiger partial charge < -0.3 is 13.9 Å². The first-order chi connectivity index (χ1) is 15.7. The molecule has 0 atom stereocenters. The molecule has 0 aliphatic heterocycles. The van der Waals surface area contributed by atoms with Gasteiger partial charge in [-0.2, -0.15) is 5.11 Å². The van der Waals surface area contributed by atoms with Crippen molar-refractivity contribution < 1.29 is 13.9 Å². The second-order valence-corrected chi connectivity index (χ2v) is 7.64. The Labute approximate surface area is 185 Å². The number of benzene rings is 3. The van der Waals surface area contributed by atoms with Gasteiger partial charge >= 0.3 is 5.63 Å². The third kappa shape index (κ3) is 4.01. The van der Waals surface area contributed by atoms with Gasteiger partial charge in [-0.1, -0.05) is 30.3 Å². The van der Waals surface area contributed by atoms with Crippen molar-refractivity contribution in [2.75, 3.05) is 0 Å². The van der Waals surface area contributed by atoms with Crippen molar-refractivity contribution in [3.05, 3.63) is 89.3 Å². The second kappa shape index (κ2) is 8.48. The van der Waals surface area contributed by atoms with Crippen molar-refractivity contribution in [1.82, 2.24) is 10.2 Å². The Bertz CT molecular complexity index is 1480. The highest BCUT2D eigenvalue weighted by Crippen LogP contribution is 2.33. The van der Waals surface area contributed by atoms with E-state index >= 15 is 0 Å². The standard InChI is InChI=1S/C23H14N4O4S/c28-20-17-8-4-5-9-18(17)30-22(29)19(20)25-24-15-12-10-14(11-13-15)21-26-27-23(31-21)32-16-6-2-1-3-7-16/h1-13,28H. The third-order valence-corrected chi connectivity index (χ3v) is 5.34. The highest BCUT2D eigenvalue weighted by molar-refractivity contribution is 7.99. The van der Waals surface area contributed by atoms with Gasteiger partial charge in [0.2, 0.25) is 11.6 Å². The summed E-state index contributed by atoms with van der Waals surface area (Å²) in [7, 11) is 0. The van der Waals surface area contributed by atoms with Gasteiger partial charge in [-0.15, -0.1) is 15.3 Å². The van der Waals surface area contributed by atoms with Crippen molar-refractivity contribution in [3.63, 3.8) is 0 Å². The molecular formula is C23H14N4O4S. The van der Waals surface area contributed by atoms with Crippen LogP contribution in [0.2, 0.25) is 0 Å². The van der Waals surface area contributed by atoms with Crippen LogP contribution < -0.4 is 5.63 Å². The Balaban J connectivity index is 1.35. The van der Waals surface area contributed by atoms with Gasteiger partial charge in [0.25, 0.3) is 5.22 Å². The van der Waals surface area contributed by atoms with Crippen molar-refractivity contribution >= 4 is 34.1 Å². The third-order valence-electron chi connectivity index (χ3n) is 4.50. The average Bonchev–Trinajstić information content (AvgIpc) is 3.28. The molecular weight excluding hydrogens is 428 g/mol. The quantitative estimate of drug-likeness (QED) is 0.258. The summed E-state index contributed by atoms with van der Waals surface area (Å²) >= 11 is 1.38. The number of nitrogens with zero attached hydrogens (tertiary/aromatic N) is 4. The monoisotopic (exact) mass is 442 g/mol. The van der Waals surface area contributed by atoms with E-state index in [9.17, 15) is 9.90 Å². The molecule has 0 fully saturated rings. The molecule has 0 saturated heterocycles. The van der Waals surface area contributed by atoms with E-state index in [1.54, 1.807) is 48.5 Å². The second-order valence-electron chi connectivity index (χ2n) is 6.62. The zero-order valence-electron chi connectivity index (χ0n) is 16.4. The normalized spacial score (nSPS) is 11.4. The lowest BCUT2D eigenvalue weighted by molar-refractivity contribution is 0.466. The molecule has 156 valence electrons. The molecule has 9 heteroatoms. The predicted octanol–water partition coefficient (Wildman–Crippen LogP) is 6.12. The topological polar surface area (TPSA) is 114 Å². The van der Waals surface area contributed by atoms with Crippen molar-refractivity contribution in [2.24, 2.45) is 10.2 Å². The maximum absolute atomic E-state index is 12.1. The summed E-state index contributed by atoms with van der Waals surface area (Å²) in [5.41, 5.74) is 0.439. The summed E-state index contributed by atoms with van der Waals surface area (Å²) in [5.74, 6) is 0.103. The van der Waals surface area contributed by atoms with Crippen LogP contribution in [0.3, 0.4) is 0 Å². The lowest BCUT2D eigenvalue weighted by atomic mass is 10.2. The molecule has 2 aromatic heterocycles. The molecule has 0 spiro atoms. The molecule has 8 nitrogen and oxygen atoms in total. The fraction of sp³-hybridized carbons (Fsp3) is 0. The van der Waals surface area contributed by atoms with Gasteiger partial charge in [-0.3, -0.25) is 0 Å². The van der Waals surface area contributed by atoms with Gasteiger partial charge in [-0.05, 0) is 60.3 Å². The molecule has 1 N–H and O–H groups in total. The average molecular weight is 442 g/mol. The number of hydrogen-bond acceptors (Lipinski definition) is 9. The van der Waals surface area contributed by atoms with Gasteiger partial charge in [0.15, 0.2) is 5.75 Å². The number of rotatable bonds is 5. The lowest BCUT2D eigenvalue weighted by Crippen LogP contribution is -1.98. The molecule has 5 aromatic rings. The number of para-hydroxylation sites is 1. The van der Waals surface area contributed by atoms with Crippen LogP contribution >= 0.6 is 11.8 Å². The van der Waals surface area contributed by atoms with Crippen LogP contribution in [-0.2, 0) is 0 Å². The van der Waals surface area contributed by atoms with Crippen LogP contribution in [0.15, 0.2) is 113 Å². The number of hydrogen-bond donors (Lipinski definition) is 1. The molecule has 5 rings (SSSR count). The molecule has 2 heterocycles. The number of azo groups is 1. The Morgan fingerprint density at radius 1 is 0.812 bits per heavy atom. The molecule has 0 bridgehead atoms. The summed E-state index contributed by atoms with van der Waals surface area (Å²) in [5, 5.41) is 27.3. The van der Waals surface area contributed by atoms with Crippen molar-refractivity contribution in [2.45, 2.75) is 10.1 Å². The number of aromatic nitrogens is 2. The molecule has 0 radical (unpaired) electrons. The van der Waals surface area contributed by atoms with E-state index < -0.39 is 5.63 Å². The Hall–Kier alpha value is -4.24. The minimum Gasteiger partial charge on any atom is -0.505 e. The highest BCUT2D eigenvalue weighted by atomic mass is 32.2. The zero-order chi connectivity index (χ0) is 21.9. The predicted molar refractivity (Wildman–Crippen MR) is 119 cm³/mol. The summed E-state index contributed by atoms with van der Waals surface area (Å²) < 4.78 is 10.9. The van der Waals surface area contributed by atoms with E-state index in [-0.39, 0.29) is 17.0 Å². The number of fused-ring (bicyclic) bond motifs is 1.